The number of hydrogen-bond donors (Lipinski definition) is 1. The fourth-order valence-electron chi connectivity index (χ4n) is 1.45. The zero-order valence-corrected chi connectivity index (χ0v) is 11.2. The Kier molecular flexibility index (Phi) is 3.82. The van der Waals surface area contributed by atoms with Gasteiger partial charge in [-0.25, -0.2) is 4.98 Å². The van der Waals surface area contributed by atoms with Gasteiger partial charge in [0, 0.05) is 0 Å². The standard InChI is InChI=1S/C11H8Cl2N4O2/c1-6-3-2-4-7(9(6)12)15-10-8(17(18)19)5-14-11(13)16-10/h2-5H,1H3,(H,14,15,16). The van der Waals surface area contributed by atoms with Crippen LogP contribution >= 0.6 is 23.2 Å². The molecule has 0 aliphatic carbocycles. The lowest BCUT2D eigenvalue weighted by Gasteiger charge is -2.09. The summed E-state index contributed by atoms with van der Waals surface area (Å²) in [7, 11) is 0. The molecular formula is C11H8Cl2N4O2. The van der Waals surface area contributed by atoms with E-state index >= 15 is 0 Å². The molecule has 1 N–H and O–H groups in total. The summed E-state index contributed by atoms with van der Waals surface area (Å²) < 4.78 is 0. The van der Waals surface area contributed by atoms with E-state index in [9.17, 15) is 10.1 Å². The van der Waals surface area contributed by atoms with Gasteiger partial charge in [0.25, 0.3) is 0 Å². The van der Waals surface area contributed by atoms with Crippen LogP contribution in [0.1, 0.15) is 5.56 Å². The van der Waals surface area contributed by atoms with Crippen molar-refractivity contribution in [2.75, 3.05) is 5.32 Å². The summed E-state index contributed by atoms with van der Waals surface area (Å²) in [5.74, 6) is -0.00231. The van der Waals surface area contributed by atoms with E-state index in [0.29, 0.717) is 10.7 Å². The SMILES string of the molecule is Cc1cccc(Nc2nc(Cl)ncc2[N+](=O)[O-])c1Cl. The highest BCUT2D eigenvalue weighted by Gasteiger charge is 2.18. The maximum absolute atomic E-state index is 10.9. The maximum atomic E-state index is 10.9. The highest BCUT2D eigenvalue weighted by molar-refractivity contribution is 6.34. The lowest BCUT2D eigenvalue weighted by molar-refractivity contribution is -0.384. The fourth-order valence-corrected chi connectivity index (χ4v) is 1.76. The van der Waals surface area contributed by atoms with Gasteiger partial charge in [0.1, 0.15) is 6.20 Å². The number of rotatable bonds is 3. The number of aromatic nitrogens is 2. The molecule has 1 aromatic heterocycles. The van der Waals surface area contributed by atoms with Crippen LogP contribution in [0.5, 0.6) is 0 Å². The molecule has 2 aromatic rings. The summed E-state index contributed by atoms with van der Waals surface area (Å²) in [6.07, 6.45) is 1.04. The van der Waals surface area contributed by atoms with Crippen LogP contribution < -0.4 is 5.32 Å². The minimum atomic E-state index is -0.595. The first-order valence-electron chi connectivity index (χ1n) is 5.18. The van der Waals surface area contributed by atoms with E-state index in [1.54, 1.807) is 12.1 Å². The van der Waals surface area contributed by atoms with Crippen molar-refractivity contribution in [1.82, 2.24) is 9.97 Å². The second kappa shape index (κ2) is 5.38. The van der Waals surface area contributed by atoms with E-state index in [4.69, 9.17) is 23.2 Å². The van der Waals surface area contributed by atoms with Crippen molar-refractivity contribution in [3.8, 4) is 0 Å². The van der Waals surface area contributed by atoms with Gasteiger partial charge in [-0.2, -0.15) is 4.98 Å². The van der Waals surface area contributed by atoms with Crippen molar-refractivity contribution in [3.05, 3.63) is 50.4 Å². The van der Waals surface area contributed by atoms with Crippen molar-refractivity contribution in [3.63, 3.8) is 0 Å². The molecule has 0 spiro atoms. The van der Waals surface area contributed by atoms with Gasteiger partial charge in [0.2, 0.25) is 11.1 Å². The number of anilines is 2. The Morgan fingerprint density at radius 3 is 2.79 bits per heavy atom. The number of hydrogen-bond acceptors (Lipinski definition) is 5. The Morgan fingerprint density at radius 2 is 2.11 bits per heavy atom. The number of nitro groups is 1. The molecule has 98 valence electrons. The van der Waals surface area contributed by atoms with Crippen LogP contribution in [0.25, 0.3) is 0 Å². The van der Waals surface area contributed by atoms with Crippen molar-refractivity contribution in [1.29, 1.82) is 0 Å². The third kappa shape index (κ3) is 2.91. The van der Waals surface area contributed by atoms with Crippen LogP contribution in [0.2, 0.25) is 10.3 Å². The molecule has 0 fully saturated rings. The van der Waals surface area contributed by atoms with Gasteiger partial charge in [-0.3, -0.25) is 10.1 Å². The molecule has 0 aliphatic rings. The van der Waals surface area contributed by atoms with Gasteiger partial charge in [0.05, 0.1) is 15.6 Å². The Hall–Kier alpha value is -1.92. The van der Waals surface area contributed by atoms with Gasteiger partial charge < -0.3 is 5.32 Å². The molecule has 8 heteroatoms. The van der Waals surface area contributed by atoms with Crippen molar-refractivity contribution >= 4 is 40.4 Å². The zero-order chi connectivity index (χ0) is 14.0. The van der Waals surface area contributed by atoms with Crippen LogP contribution in [-0.4, -0.2) is 14.9 Å². The Labute approximate surface area is 118 Å². The highest BCUT2D eigenvalue weighted by atomic mass is 35.5. The van der Waals surface area contributed by atoms with Crippen molar-refractivity contribution in [2.24, 2.45) is 0 Å². The minimum Gasteiger partial charge on any atom is -0.333 e. The van der Waals surface area contributed by atoms with E-state index in [-0.39, 0.29) is 16.8 Å². The van der Waals surface area contributed by atoms with Crippen LogP contribution in [0, 0.1) is 17.0 Å². The normalized spacial score (nSPS) is 10.3. The first kappa shape index (κ1) is 13.5. The Balaban J connectivity index is 2.45. The van der Waals surface area contributed by atoms with Crippen molar-refractivity contribution in [2.45, 2.75) is 6.92 Å². The minimum absolute atomic E-state index is 0.00231. The number of benzene rings is 1. The molecule has 1 aromatic carbocycles. The average Bonchev–Trinajstić information content (AvgIpc) is 2.35. The van der Waals surface area contributed by atoms with E-state index in [2.05, 4.69) is 15.3 Å². The molecule has 0 saturated heterocycles. The summed E-state index contributed by atoms with van der Waals surface area (Å²) in [6.45, 7) is 1.83. The fraction of sp³-hybridized carbons (Fsp3) is 0.0909. The summed E-state index contributed by atoms with van der Waals surface area (Å²) >= 11 is 11.7. The molecule has 1 heterocycles. The van der Waals surface area contributed by atoms with Crippen LogP contribution in [0.4, 0.5) is 17.2 Å². The Morgan fingerprint density at radius 1 is 1.37 bits per heavy atom. The van der Waals surface area contributed by atoms with E-state index in [0.717, 1.165) is 11.8 Å². The van der Waals surface area contributed by atoms with Gasteiger partial charge in [0.15, 0.2) is 0 Å². The van der Waals surface area contributed by atoms with Gasteiger partial charge >= 0.3 is 5.69 Å². The largest absolute Gasteiger partial charge is 0.333 e. The first-order valence-corrected chi connectivity index (χ1v) is 5.93. The Bertz CT molecular complexity index is 649. The quantitative estimate of drug-likeness (QED) is 0.530. The lowest BCUT2D eigenvalue weighted by atomic mass is 10.2. The van der Waals surface area contributed by atoms with Crippen molar-refractivity contribution < 1.29 is 4.92 Å². The number of nitrogens with zero attached hydrogens (tertiary/aromatic N) is 3. The summed E-state index contributed by atoms with van der Waals surface area (Å²) in [5, 5.41) is 14.1. The topological polar surface area (TPSA) is 81.0 Å². The van der Waals surface area contributed by atoms with Crippen LogP contribution in [0.3, 0.4) is 0 Å². The molecule has 0 amide bonds. The molecule has 0 radical (unpaired) electrons. The summed E-state index contributed by atoms with van der Waals surface area (Å²) in [6, 6.07) is 5.29. The van der Waals surface area contributed by atoms with Gasteiger partial charge in [-0.1, -0.05) is 23.7 Å². The first-order chi connectivity index (χ1) is 8.99. The third-order valence-corrected chi connectivity index (χ3v) is 3.07. The number of halogens is 2. The monoisotopic (exact) mass is 298 g/mol. The molecule has 0 saturated carbocycles. The van der Waals surface area contributed by atoms with Gasteiger partial charge in [-0.05, 0) is 30.2 Å². The molecule has 19 heavy (non-hydrogen) atoms. The van der Waals surface area contributed by atoms with Crippen LogP contribution in [0.15, 0.2) is 24.4 Å². The van der Waals surface area contributed by atoms with E-state index in [1.807, 2.05) is 13.0 Å². The third-order valence-electron chi connectivity index (χ3n) is 2.38. The second-order valence-electron chi connectivity index (χ2n) is 3.69. The maximum Gasteiger partial charge on any atom is 0.329 e. The molecule has 0 bridgehead atoms. The molecular weight excluding hydrogens is 291 g/mol. The predicted octanol–water partition coefficient (Wildman–Crippen LogP) is 3.74. The average molecular weight is 299 g/mol. The van der Waals surface area contributed by atoms with Gasteiger partial charge in [-0.15, -0.1) is 0 Å². The summed E-state index contributed by atoms with van der Waals surface area (Å²) in [5.41, 5.74) is 1.08. The lowest BCUT2D eigenvalue weighted by Crippen LogP contribution is -2.01. The molecule has 0 aliphatic heterocycles. The van der Waals surface area contributed by atoms with E-state index in [1.165, 1.54) is 0 Å². The zero-order valence-electron chi connectivity index (χ0n) is 9.72. The highest BCUT2D eigenvalue weighted by Crippen LogP contribution is 2.31. The smallest absolute Gasteiger partial charge is 0.329 e. The molecule has 0 unspecified atom stereocenters. The molecule has 6 nitrogen and oxygen atoms in total. The molecule has 0 atom stereocenters. The number of aryl methyl sites for hydroxylation is 1. The van der Waals surface area contributed by atoms with E-state index < -0.39 is 4.92 Å². The molecule has 2 rings (SSSR count). The number of nitrogens with one attached hydrogen (secondary N) is 1. The second-order valence-corrected chi connectivity index (χ2v) is 4.41. The summed E-state index contributed by atoms with van der Waals surface area (Å²) in [4.78, 5) is 17.7. The predicted molar refractivity (Wildman–Crippen MR) is 73.2 cm³/mol. The van der Waals surface area contributed by atoms with Crippen LogP contribution in [-0.2, 0) is 0 Å².